The summed E-state index contributed by atoms with van der Waals surface area (Å²) >= 11 is 1.58. The third-order valence-electron chi connectivity index (χ3n) is 4.17. The summed E-state index contributed by atoms with van der Waals surface area (Å²) < 4.78 is 12.5. The van der Waals surface area contributed by atoms with E-state index in [-0.39, 0.29) is 0 Å². The van der Waals surface area contributed by atoms with Gasteiger partial charge in [0.2, 0.25) is 4.80 Å². The van der Waals surface area contributed by atoms with Gasteiger partial charge in [-0.15, -0.1) is 11.3 Å². The number of furan rings is 1. The molecule has 0 N–H and O–H groups in total. The minimum absolute atomic E-state index is 0.702. The number of methoxy groups -OCH3 is 1. The van der Waals surface area contributed by atoms with Crippen LogP contribution in [-0.4, -0.2) is 24.5 Å². The molecule has 2 aromatic heterocycles. The van der Waals surface area contributed by atoms with Crippen molar-refractivity contribution in [2.45, 2.75) is 6.92 Å². The summed E-state index contributed by atoms with van der Waals surface area (Å²) in [5, 5.41) is 8.97. The summed E-state index contributed by atoms with van der Waals surface area (Å²) in [6.07, 6.45) is 3.34. The molecule has 2 heterocycles. The summed E-state index contributed by atoms with van der Waals surface area (Å²) in [4.78, 5) is 5.41. The van der Waals surface area contributed by atoms with Gasteiger partial charge in [0.25, 0.3) is 0 Å². The van der Waals surface area contributed by atoms with Crippen molar-refractivity contribution in [3.05, 3.63) is 70.7 Å². The molecule has 0 saturated carbocycles. The van der Waals surface area contributed by atoms with Gasteiger partial charge in [0, 0.05) is 17.5 Å². The first kappa shape index (κ1) is 17.3. The van der Waals surface area contributed by atoms with E-state index in [4.69, 9.17) is 9.15 Å². The van der Waals surface area contributed by atoms with Crippen molar-refractivity contribution in [3.8, 4) is 17.0 Å². The van der Waals surface area contributed by atoms with E-state index in [0.29, 0.717) is 12.3 Å². The highest BCUT2D eigenvalue weighted by Gasteiger charge is 2.09. The van der Waals surface area contributed by atoms with E-state index >= 15 is 0 Å². The predicted molar refractivity (Wildman–Crippen MR) is 110 cm³/mol. The molecule has 0 unspecified atom stereocenters. The molecule has 0 radical (unpaired) electrons. The Balaban J connectivity index is 1.81. The van der Waals surface area contributed by atoms with Crippen LogP contribution in [-0.2, 0) is 0 Å². The molecule has 0 aliphatic heterocycles. The van der Waals surface area contributed by atoms with Crippen LogP contribution in [0.25, 0.3) is 22.0 Å². The molecule has 0 amide bonds. The SMILES string of the molecule is CCN=c1scc(-c2ccc3cc(OC)ccc3c2)n1N=Cc1ccco1. The van der Waals surface area contributed by atoms with Crippen LogP contribution >= 0.6 is 11.3 Å². The number of hydrogen-bond acceptors (Lipinski definition) is 5. The Morgan fingerprint density at radius 2 is 2.00 bits per heavy atom. The normalized spacial score (nSPS) is 12.3. The van der Waals surface area contributed by atoms with Gasteiger partial charge in [-0.05, 0) is 48.0 Å². The first-order valence-electron chi connectivity index (χ1n) is 8.65. The number of benzene rings is 2. The molecule has 6 heteroatoms. The van der Waals surface area contributed by atoms with E-state index in [1.807, 2.05) is 35.9 Å². The fourth-order valence-corrected chi connectivity index (χ4v) is 3.74. The maximum atomic E-state index is 5.35. The zero-order chi connectivity index (χ0) is 18.6. The number of thiazole rings is 1. The van der Waals surface area contributed by atoms with Crippen LogP contribution in [0.4, 0.5) is 0 Å². The molecule has 4 rings (SSSR count). The summed E-state index contributed by atoms with van der Waals surface area (Å²) in [7, 11) is 1.68. The minimum atomic E-state index is 0.702. The molecule has 0 spiro atoms. The van der Waals surface area contributed by atoms with Crippen molar-refractivity contribution in [3.63, 3.8) is 0 Å². The van der Waals surface area contributed by atoms with Gasteiger partial charge >= 0.3 is 0 Å². The minimum Gasteiger partial charge on any atom is -0.497 e. The fourth-order valence-electron chi connectivity index (χ4n) is 2.84. The van der Waals surface area contributed by atoms with Crippen LogP contribution in [0.1, 0.15) is 12.7 Å². The standard InChI is InChI=1S/C21H19N3O2S/c1-3-22-21-24(23-13-19-5-4-10-26-19)20(14-27-21)17-7-6-16-12-18(25-2)9-8-15(16)11-17/h4-14H,3H2,1-2H3. The van der Waals surface area contributed by atoms with Gasteiger partial charge in [0.15, 0.2) is 0 Å². The van der Waals surface area contributed by atoms with Gasteiger partial charge in [-0.25, -0.2) is 4.68 Å². The van der Waals surface area contributed by atoms with Crippen LogP contribution in [0.3, 0.4) is 0 Å². The summed E-state index contributed by atoms with van der Waals surface area (Å²) in [5.41, 5.74) is 2.07. The third-order valence-corrected chi connectivity index (χ3v) is 5.02. The van der Waals surface area contributed by atoms with Gasteiger partial charge in [-0.1, -0.05) is 18.2 Å². The molecule has 0 aliphatic rings. The smallest absolute Gasteiger partial charge is 0.206 e. The highest BCUT2D eigenvalue weighted by atomic mass is 32.1. The molecular formula is C21H19N3O2S. The van der Waals surface area contributed by atoms with Crippen LogP contribution in [0, 0.1) is 0 Å². The Morgan fingerprint density at radius 3 is 2.78 bits per heavy atom. The Labute approximate surface area is 160 Å². The highest BCUT2D eigenvalue weighted by molar-refractivity contribution is 7.07. The summed E-state index contributed by atoms with van der Waals surface area (Å²) in [5.74, 6) is 1.56. The number of hydrogen-bond donors (Lipinski definition) is 0. The third kappa shape index (κ3) is 3.57. The fraction of sp³-hybridized carbons (Fsp3) is 0.143. The molecule has 0 aliphatic carbocycles. The molecule has 0 atom stereocenters. The second-order valence-electron chi connectivity index (χ2n) is 5.88. The second kappa shape index (κ2) is 7.63. The molecule has 0 fully saturated rings. The number of fused-ring (bicyclic) bond motifs is 1. The monoisotopic (exact) mass is 377 g/mol. The lowest BCUT2D eigenvalue weighted by Crippen LogP contribution is -2.12. The average molecular weight is 377 g/mol. The van der Waals surface area contributed by atoms with E-state index in [1.165, 1.54) is 0 Å². The van der Waals surface area contributed by atoms with Gasteiger partial charge in [-0.2, -0.15) is 5.10 Å². The molecule has 136 valence electrons. The quantitative estimate of drug-likeness (QED) is 0.470. The van der Waals surface area contributed by atoms with E-state index in [1.54, 1.807) is 30.9 Å². The highest BCUT2D eigenvalue weighted by Crippen LogP contribution is 2.27. The lowest BCUT2D eigenvalue weighted by atomic mass is 10.1. The van der Waals surface area contributed by atoms with Crippen molar-refractivity contribution in [1.29, 1.82) is 0 Å². The molecule has 4 aromatic rings. The first-order chi connectivity index (χ1) is 13.3. The predicted octanol–water partition coefficient (Wildman–Crippen LogP) is 4.77. The molecule has 5 nitrogen and oxygen atoms in total. The first-order valence-corrected chi connectivity index (χ1v) is 9.53. The van der Waals surface area contributed by atoms with E-state index in [2.05, 4.69) is 39.7 Å². The van der Waals surface area contributed by atoms with Crippen molar-refractivity contribution in [1.82, 2.24) is 4.68 Å². The van der Waals surface area contributed by atoms with Crippen molar-refractivity contribution >= 4 is 28.3 Å². The van der Waals surface area contributed by atoms with Crippen LogP contribution in [0.15, 0.2) is 74.7 Å². The Hall–Kier alpha value is -3.12. The van der Waals surface area contributed by atoms with E-state index in [0.717, 1.165) is 32.6 Å². The van der Waals surface area contributed by atoms with Crippen molar-refractivity contribution in [2.24, 2.45) is 10.1 Å². The average Bonchev–Trinajstić information content (AvgIpc) is 3.35. The van der Waals surface area contributed by atoms with Gasteiger partial charge in [-0.3, -0.25) is 4.99 Å². The van der Waals surface area contributed by atoms with E-state index in [9.17, 15) is 0 Å². The number of aromatic nitrogens is 1. The van der Waals surface area contributed by atoms with Crippen LogP contribution in [0.5, 0.6) is 5.75 Å². The van der Waals surface area contributed by atoms with Crippen molar-refractivity contribution < 1.29 is 9.15 Å². The Bertz CT molecular complexity index is 1150. The second-order valence-corrected chi connectivity index (χ2v) is 6.71. The zero-order valence-electron chi connectivity index (χ0n) is 15.1. The topological polar surface area (TPSA) is 52.0 Å². The van der Waals surface area contributed by atoms with Gasteiger partial charge in [0.1, 0.15) is 11.5 Å². The maximum absolute atomic E-state index is 5.35. The number of rotatable bonds is 5. The molecule has 0 saturated heterocycles. The number of ether oxygens (including phenoxy) is 1. The van der Waals surface area contributed by atoms with E-state index < -0.39 is 0 Å². The lowest BCUT2D eigenvalue weighted by Gasteiger charge is -2.07. The summed E-state index contributed by atoms with van der Waals surface area (Å²) in [6.45, 7) is 2.72. The Kier molecular flexibility index (Phi) is 4.89. The molecule has 0 bridgehead atoms. The lowest BCUT2D eigenvalue weighted by molar-refractivity contribution is 0.415. The molecule has 2 aromatic carbocycles. The molecule has 27 heavy (non-hydrogen) atoms. The molecular weight excluding hydrogens is 358 g/mol. The zero-order valence-corrected chi connectivity index (χ0v) is 15.9. The number of nitrogens with zero attached hydrogens (tertiary/aromatic N) is 3. The maximum Gasteiger partial charge on any atom is 0.206 e. The largest absolute Gasteiger partial charge is 0.497 e. The van der Waals surface area contributed by atoms with Crippen LogP contribution in [0.2, 0.25) is 0 Å². The van der Waals surface area contributed by atoms with Gasteiger partial charge < -0.3 is 9.15 Å². The Morgan fingerprint density at radius 1 is 1.15 bits per heavy atom. The van der Waals surface area contributed by atoms with Crippen LogP contribution < -0.4 is 9.54 Å². The van der Waals surface area contributed by atoms with Crippen molar-refractivity contribution in [2.75, 3.05) is 13.7 Å². The van der Waals surface area contributed by atoms with Gasteiger partial charge in [0.05, 0.1) is 25.3 Å². The summed E-state index contributed by atoms with van der Waals surface area (Å²) in [6, 6.07) is 16.1.